The molecule has 0 bridgehead atoms. The van der Waals surface area contributed by atoms with Crippen molar-refractivity contribution in [3.8, 4) is 0 Å². The van der Waals surface area contributed by atoms with Crippen molar-refractivity contribution in [1.82, 2.24) is 4.90 Å². The van der Waals surface area contributed by atoms with E-state index in [0.29, 0.717) is 44.4 Å². The van der Waals surface area contributed by atoms with E-state index >= 15 is 0 Å². The highest BCUT2D eigenvalue weighted by Gasteiger charge is 2.68. The highest BCUT2D eigenvalue weighted by molar-refractivity contribution is 6.01. The number of hydrogen-bond acceptors (Lipinski definition) is 4. The zero-order valence-electron chi connectivity index (χ0n) is 19.1. The number of halogens is 6. The fourth-order valence-corrected chi connectivity index (χ4v) is 6.89. The Labute approximate surface area is 198 Å². The summed E-state index contributed by atoms with van der Waals surface area (Å²) in [6, 6.07) is 0.524. The number of ketones is 1. The van der Waals surface area contributed by atoms with E-state index in [1.165, 1.54) is 0 Å². The van der Waals surface area contributed by atoms with Crippen LogP contribution in [-0.2, 0) is 21.9 Å². The smallest absolute Gasteiger partial charge is 0.389 e. The van der Waals surface area contributed by atoms with Gasteiger partial charge in [0.2, 0.25) is 5.91 Å². The van der Waals surface area contributed by atoms with Crippen molar-refractivity contribution in [3.63, 3.8) is 0 Å². The summed E-state index contributed by atoms with van der Waals surface area (Å²) in [6.07, 6.45) is -7.78. The maximum absolute atomic E-state index is 13.6. The molecule has 2 heterocycles. The molecule has 2 saturated heterocycles. The summed E-state index contributed by atoms with van der Waals surface area (Å²) in [4.78, 5) is 29.3. The first-order valence-electron chi connectivity index (χ1n) is 11.8. The van der Waals surface area contributed by atoms with Crippen LogP contribution in [0.2, 0.25) is 0 Å². The largest absolute Gasteiger partial charge is 0.416 e. The van der Waals surface area contributed by atoms with Gasteiger partial charge in [-0.25, -0.2) is 0 Å². The Bertz CT molecular complexity index is 1060. The number of amides is 1. The third-order valence-electron chi connectivity index (χ3n) is 8.78. The van der Waals surface area contributed by atoms with E-state index < -0.39 is 57.8 Å². The van der Waals surface area contributed by atoms with Gasteiger partial charge in [-0.15, -0.1) is 0 Å². The molecule has 1 spiro atoms. The Balaban J connectivity index is 1.68. The van der Waals surface area contributed by atoms with E-state index in [9.17, 15) is 41.0 Å². The number of fused-ring (bicyclic) bond motifs is 3. The highest BCUT2D eigenvalue weighted by atomic mass is 19.4. The van der Waals surface area contributed by atoms with Crippen LogP contribution >= 0.6 is 0 Å². The van der Waals surface area contributed by atoms with Gasteiger partial charge in [0, 0.05) is 25.1 Å². The van der Waals surface area contributed by atoms with E-state index in [1.807, 2.05) is 4.90 Å². The number of alkyl halides is 6. The van der Waals surface area contributed by atoms with Crippen LogP contribution < -0.4 is 4.90 Å². The molecule has 4 aliphatic rings. The van der Waals surface area contributed by atoms with Crippen LogP contribution in [-0.4, -0.2) is 45.5 Å². The maximum Gasteiger partial charge on any atom is 0.416 e. The molecule has 11 heteroatoms. The molecule has 5 nitrogen and oxygen atoms in total. The van der Waals surface area contributed by atoms with E-state index in [1.54, 1.807) is 6.92 Å². The number of hydrogen-bond donors (Lipinski definition) is 1. The van der Waals surface area contributed by atoms with E-state index in [2.05, 4.69) is 0 Å². The van der Waals surface area contributed by atoms with Crippen molar-refractivity contribution >= 4 is 17.4 Å². The lowest BCUT2D eigenvalue weighted by Gasteiger charge is -2.59. The van der Waals surface area contributed by atoms with Crippen LogP contribution in [0.1, 0.15) is 69.4 Å². The quantitative estimate of drug-likeness (QED) is 0.553. The first-order valence-corrected chi connectivity index (χ1v) is 11.8. The third-order valence-corrected chi connectivity index (χ3v) is 8.78. The molecule has 2 aliphatic heterocycles. The molecule has 2 aliphatic carbocycles. The van der Waals surface area contributed by atoms with Gasteiger partial charge in [0.15, 0.2) is 0 Å². The minimum absolute atomic E-state index is 0.0448. The Hall–Kier alpha value is -2.14. The zero-order valence-corrected chi connectivity index (χ0v) is 19.1. The van der Waals surface area contributed by atoms with Crippen molar-refractivity contribution < 1.29 is 41.0 Å². The number of nitrogens with zero attached hydrogens (tertiary/aromatic N) is 2. The molecule has 0 radical (unpaired) electrons. The lowest BCUT2D eigenvalue weighted by atomic mass is 9.54. The second-order valence-corrected chi connectivity index (χ2v) is 10.6. The lowest BCUT2D eigenvalue weighted by Crippen LogP contribution is -2.68. The summed E-state index contributed by atoms with van der Waals surface area (Å²) in [5.74, 6) is -0.669. The summed E-state index contributed by atoms with van der Waals surface area (Å²) < 4.78 is 81.6. The summed E-state index contributed by atoms with van der Waals surface area (Å²) >= 11 is 0. The summed E-state index contributed by atoms with van der Waals surface area (Å²) in [5, 5.41) is 11.7. The molecule has 4 atom stereocenters. The van der Waals surface area contributed by atoms with Crippen molar-refractivity contribution in [2.24, 2.45) is 5.41 Å². The Morgan fingerprint density at radius 1 is 0.943 bits per heavy atom. The second-order valence-electron chi connectivity index (χ2n) is 10.6. The predicted octanol–water partition coefficient (Wildman–Crippen LogP) is 4.91. The van der Waals surface area contributed by atoms with Gasteiger partial charge < -0.3 is 5.11 Å². The Kier molecular flexibility index (Phi) is 5.22. The third kappa shape index (κ3) is 3.44. The maximum atomic E-state index is 13.6. The van der Waals surface area contributed by atoms with Gasteiger partial charge in [0.05, 0.1) is 28.2 Å². The van der Waals surface area contributed by atoms with Gasteiger partial charge in [0.1, 0.15) is 11.4 Å². The van der Waals surface area contributed by atoms with E-state index in [-0.39, 0.29) is 37.5 Å². The van der Waals surface area contributed by atoms with Crippen molar-refractivity contribution in [3.05, 3.63) is 29.3 Å². The van der Waals surface area contributed by atoms with E-state index in [0.717, 1.165) is 4.90 Å². The van der Waals surface area contributed by atoms with Gasteiger partial charge >= 0.3 is 12.4 Å². The molecule has 35 heavy (non-hydrogen) atoms. The van der Waals surface area contributed by atoms with Crippen LogP contribution in [0.3, 0.4) is 0 Å². The summed E-state index contributed by atoms with van der Waals surface area (Å²) in [5.41, 5.74) is -7.38. The molecular weight excluding hydrogens is 478 g/mol. The molecule has 1 aromatic carbocycles. The molecule has 5 rings (SSSR count). The first-order chi connectivity index (χ1) is 16.1. The normalized spacial score (nSPS) is 36.1. The predicted molar refractivity (Wildman–Crippen MR) is 112 cm³/mol. The standard InChI is InChI=1S/C24H26F6N2O3/c1-20-7-8-22(13-21(20,35)6-2-5-18(20)33)31-9-3-4-17(31)19(34)32(22)16-11-14(23(25,26)27)10-15(12-16)24(28,29)30/h10-12,17,35H,2-9,13H2,1H3/t17-,20-,21+,22?/m1/s1. The number of aliphatic hydroxyl groups is 1. The second kappa shape index (κ2) is 7.44. The number of carbonyl (C=O) groups excluding carboxylic acids is 2. The molecule has 4 fully saturated rings. The SMILES string of the molecule is C[C@]12CCC3(C[C@@]1(O)CCCC2=O)N(c1cc(C(F)(F)F)cc(C(F)(F)F)c1)C(=O)[C@H]1CCCN13. The zero-order chi connectivity index (χ0) is 25.6. The molecule has 1 amide bonds. The first kappa shape index (κ1) is 24.5. The van der Waals surface area contributed by atoms with Crippen LogP contribution in [0, 0.1) is 5.41 Å². The minimum atomic E-state index is -5.05. The highest BCUT2D eigenvalue weighted by Crippen LogP contribution is 2.59. The van der Waals surface area contributed by atoms with Gasteiger partial charge in [0.25, 0.3) is 0 Å². The van der Waals surface area contributed by atoms with Crippen LogP contribution in [0.4, 0.5) is 32.0 Å². The molecule has 1 unspecified atom stereocenters. The average molecular weight is 504 g/mol. The van der Waals surface area contributed by atoms with Gasteiger partial charge in [-0.2, -0.15) is 26.3 Å². The van der Waals surface area contributed by atoms with Crippen molar-refractivity contribution in [2.45, 2.75) is 87.9 Å². The molecule has 1 aromatic rings. The van der Waals surface area contributed by atoms with Gasteiger partial charge in [-0.3, -0.25) is 19.4 Å². The van der Waals surface area contributed by atoms with Crippen LogP contribution in [0.25, 0.3) is 0 Å². The number of rotatable bonds is 1. The van der Waals surface area contributed by atoms with Crippen molar-refractivity contribution in [2.75, 3.05) is 11.4 Å². The molecule has 192 valence electrons. The Morgan fingerprint density at radius 2 is 1.57 bits per heavy atom. The topological polar surface area (TPSA) is 60.9 Å². The minimum Gasteiger partial charge on any atom is -0.389 e. The fraction of sp³-hybridized carbons (Fsp3) is 0.667. The lowest BCUT2D eigenvalue weighted by molar-refractivity contribution is -0.179. The Morgan fingerprint density at radius 3 is 2.17 bits per heavy atom. The van der Waals surface area contributed by atoms with Crippen LogP contribution in [0.5, 0.6) is 0 Å². The van der Waals surface area contributed by atoms with Gasteiger partial charge in [-0.1, -0.05) is 0 Å². The molecule has 0 aromatic heterocycles. The van der Waals surface area contributed by atoms with E-state index in [4.69, 9.17) is 0 Å². The number of carbonyl (C=O) groups is 2. The average Bonchev–Trinajstić information content (AvgIpc) is 3.31. The number of anilines is 1. The van der Waals surface area contributed by atoms with Crippen LogP contribution in [0.15, 0.2) is 18.2 Å². The molecule has 2 saturated carbocycles. The molecule has 1 N–H and O–H groups in total. The number of benzene rings is 1. The fourth-order valence-electron chi connectivity index (χ4n) is 6.89. The van der Waals surface area contributed by atoms with Gasteiger partial charge in [-0.05, 0) is 63.6 Å². The number of Topliss-reactive ketones (excluding diaryl/α,β-unsaturated/α-hetero) is 1. The summed E-state index contributed by atoms with van der Waals surface area (Å²) in [7, 11) is 0. The van der Waals surface area contributed by atoms with Crippen molar-refractivity contribution in [1.29, 1.82) is 0 Å². The summed E-state index contributed by atoms with van der Waals surface area (Å²) in [6.45, 7) is 2.11. The monoisotopic (exact) mass is 504 g/mol. The molecular formula is C24H26F6N2O3.